The first-order chi connectivity index (χ1) is 28.7. The molecule has 0 unspecified atom stereocenters. The average molecular weight is 738 g/mol. The van der Waals surface area contributed by atoms with Gasteiger partial charge in [0.15, 0.2) is 17.5 Å². The van der Waals surface area contributed by atoms with E-state index in [4.69, 9.17) is 15.0 Å². The molecular weight excluding hydrogens is 703 g/mol. The Hall–Kier alpha value is -7.75. The Morgan fingerprint density at radius 1 is 0.207 bits per heavy atom. The number of fused-ring (bicyclic) bond motifs is 5. The largest absolute Gasteiger partial charge is 0.208 e. The van der Waals surface area contributed by atoms with Gasteiger partial charge in [0, 0.05) is 16.7 Å². The molecule has 0 aliphatic carbocycles. The van der Waals surface area contributed by atoms with E-state index in [-0.39, 0.29) is 0 Å². The molecule has 3 heteroatoms. The predicted molar refractivity (Wildman–Crippen MR) is 242 cm³/mol. The molecule has 0 aliphatic heterocycles. The third-order valence-electron chi connectivity index (χ3n) is 11.3. The molecule has 270 valence electrons. The minimum absolute atomic E-state index is 0.626. The first-order valence-electron chi connectivity index (χ1n) is 19.7. The summed E-state index contributed by atoms with van der Waals surface area (Å²) in [6.45, 7) is 0. The molecule has 1 aromatic heterocycles. The lowest BCUT2D eigenvalue weighted by atomic mass is 9.91. The van der Waals surface area contributed by atoms with Gasteiger partial charge in [-0.25, -0.2) is 15.0 Å². The van der Waals surface area contributed by atoms with Crippen LogP contribution in [-0.4, -0.2) is 15.0 Å². The highest BCUT2D eigenvalue weighted by atomic mass is 15.0. The van der Waals surface area contributed by atoms with Crippen molar-refractivity contribution in [2.24, 2.45) is 0 Å². The second-order valence-electron chi connectivity index (χ2n) is 14.8. The Morgan fingerprint density at radius 3 is 1.24 bits per heavy atom. The Kier molecular flexibility index (Phi) is 8.15. The van der Waals surface area contributed by atoms with E-state index in [1.54, 1.807) is 0 Å². The summed E-state index contributed by atoms with van der Waals surface area (Å²) < 4.78 is 0. The number of benzene rings is 10. The van der Waals surface area contributed by atoms with Gasteiger partial charge < -0.3 is 0 Å². The van der Waals surface area contributed by atoms with Crippen molar-refractivity contribution in [1.82, 2.24) is 15.0 Å². The smallest absolute Gasteiger partial charge is 0.164 e. The van der Waals surface area contributed by atoms with Crippen LogP contribution in [0.25, 0.3) is 111 Å². The summed E-state index contributed by atoms with van der Waals surface area (Å²) in [5.74, 6) is 1.89. The van der Waals surface area contributed by atoms with Crippen molar-refractivity contribution in [3.63, 3.8) is 0 Å². The van der Waals surface area contributed by atoms with E-state index in [0.717, 1.165) is 33.2 Å². The van der Waals surface area contributed by atoms with Crippen LogP contribution in [-0.2, 0) is 0 Å². The van der Waals surface area contributed by atoms with E-state index in [1.807, 2.05) is 0 Å². The van der Waals surface area contributed by atoms with Gasteiger partial charge in [-0.2, -0.15) is 0 Å². The zero-order valence-electron chi connectivity index (χ0n) is 31.5. The first-order valence-corrected chi connectivity index (χ1v) is 19.7. The van der Waals surface area contributed by atoms with Gasteiger partial charge in [-0.05, 0) is 94.7 Å². The summed E-state index contributed by atoms with van der Waals surface area (Å²) in [6, 6.07) is 75.4. The summed E-state index contributed by atoms with van der Waals surface area (Å²) in [6.07, 6.45) is 0. The normalized spacial score (nSPS) is 11.4. The second kappa shape index (κ2) is 14.1. The van der Waals surface area contributed by atoms with Gasteiger partial charge in [-0.1, -0.05) is 194 Å². The molecule has 1 heterocycles. The zero-order valence-corrected chi connectivity index (χ0v) is 31.5. The van der Waals surface area contributed by atoms with E-state index in [1.165, 1.54) is 60.0 Å². The van der Waals surface area contributed by atoms with E-state index in [9.17, 15) is 0 Å². The molecule has 11 rings (SSSR count). The molecule has 0 atom stereocenters. The second-order valence-corrected chi connectivity index (χ2v) is 14.8. The van der Waals surface area contributed by atoms with Crippen molar-refractivity contribution < 1.29 is 0 Å². The minimum atomic E-state index is 0.626. The van der Waals surface area contributed by atoms with Crippen LogP contribution in [0.1, 0.15) is 0 Å². The molecule has 58 heavy (non-hydrogen) atoms. The van der Waals surface area contributed by atoms with E-state index >= 15 is 0 Å². The van der Waals surface area contributed by atoms with Gasteiger partial charge in [0.2, 0.25) is 0 Å². The maximum atomic E-state index is 5.25. The highest BCUT2D eigenvalue weighted by molar-refractivity contribution is 6.09. The standard InChI is InChI=1S/C55H35N3/c1-3-13-36(14-4-1)46-24-12-18-39-27-29-43(34-51(39)46)54-56-53(57-55(58-54)44-30-28-40-26-25-38-17-7-8-21-45(38)52(40)35-44)42-20-11-19-41(33-42)48-32-31-47(37-15-5-2-6-16-37)49-22-9-10-23-50(48)49/h1-35H. The van der Waals surface area contributed by atoms with Crippen molar-refractivity contribution in [1.29, 1.82) is 0 Å². The van der Waals surface area contributed by atoms with Gasteiger partial charge in [0.05, 0.1) is 0 Å². The van der Waals surface area contributed by atoms with Crippen molar-refractivity contribution in [3.8, 4) is 67.5 Å². The maximum Gasteiger partial charge on any atom is 0.164 e. The summed E-state index contributed by atoms with van der Waals surface area (Å²) >= 11 is 0. The lowest BCUT2D eigenvalue weighted by Gasteiger charge is -2.14. The maximum absolute atomic E-state index is 5.25. The van der Waals surface area contributed by atoms with Gasteiger partial charge in [0.25, 0.3) is 0 Å². The fourth-order valence-corrected chi connectivity index (χ4v) is 8.43. The fraction of sp³-hybridized carbons (Fsp3) is 0. The van der Waals surface area contributed by atoms with Crippen LogP contribution >= 0.6 is 0 Å². The predicted octanol–water partition coefficient (Wildman–Crippen LogP) is 14.5. The molecule has 0 aliphatic rings. The SMILES string of the molecule is c1ccc(-c2cccc3ccc(-c4nc(-c5cccc(-c6ccc(-c7ccccc7)c7ccccc67)c5)nc(-c5ccc6ccc7ccccc7c6c5)n4)cc23)cc1. The van der Waals surface area contributed by atoms with Gasteiger partial charge in [0.1, 0.15) is 0 Å². The van der Waals surface area contributed by atoms with Crippen molar-refractivity contribution >= 4 is 43.1 Å². The van der Waals surface area contributed by atoms with Gasteiger partial charge in [-0.3, -0.25) is 0 Å². The Balaban J connectivity index is 1.10. The summed E-state index contributed by atoms with van der Waals surface area (Å²) in [5.41, 5.74) is 9.84. The Labute approximate surface area is 336 Å². The number of hydrogen-bond acceptors (Lipinski definition) is 3. The van der Waals surface area contributed by atoms with E-state index < -0.39 is 0 Å². The van der Waals surface area contributed by atoms with Crippen LogP contribution in [0.5, 0.6) is 0 Å². The Bertz CT molecular complexity index is 3340. The molecule has 10 aromatic carbocycles. The van der Waals surface area contributed by atoms with Gasteiger partial charge in [-0.15, -0.1) is 0 Å². The Morgan fingerprint density at radius 2 is 0.603 bits per heavy atom. The number of aromatic nitrogens is 3. The van der Waals surface area contributed by atoms with Gasteiger partial charge >= 0.3 is 0 Å². The fourth-order valence-electron chi connectivity index (χ4n) is 8.43. The zero-order chi connectivity index (χ0) is 38.4. The van der Waals surface area contributed by atoms with Crippen LogP contribution < -0.4 is 0 Å². The van der Waals surface area contributed by atoms with Crippen LogP contribution in [0.15, 0.2) is 212 Å². The lowest BCUT2D eigenvalue weighted by molar-refractivity contribution is 1.08. The molecule has 0 bridgehead atoms. The van der Waals surface area contributed by atoms with Crippen LogP contribution in [0.3, 0.4) is 0 Å². The highest BCUT2D eigenvalue weighted by Gasteiger charge is 2.16. The molecule has 0 fully saturated rings. The third kappa shape index (κ3) is 5.98. The number of nitrogens with zero attached hydrogens (tertiary/aromatic N) is 3. The topological polar surface area (TPSA) is 38.7 Å². The summed E-state index contributed by atoms with van der Waals surface area (Å²) in [7, 11) is 0. The van der Waals surface area contributed by atoms with Crippen molar-refractivity contribution in [3.05, 3.63) is 212 Å². The molecule has 11 aromatic rings. The molecule has 0 saturated carbocycles. The molecule has 0 saturated heterocycles. The molecule has 3 nitrogen and oxygen atoms in total. The van der Waals surface area contributed by atoms with Crippen LogP contribution in [0.2, 0.25) is 0 Å². The molecule has 0 N–H and O–H groups in total. The first kappa shape index (κ1) is 33.6. The molecule has 0 amide bonds. The molecule has 0 spiro atoms. The highest BCUT2D eigenvalue weighted by Crippen LogP contribution is 2.38. The summed E-state index contributed by atoms with van der Waals surface area (Å²) in [5, 5.41) is 9.50. The monoisotopic (exact) mass is 737 g/mol. The minimum Gasteiger partial charge on any atom is -0.208 e. The number of rotatable bonds is 6. The number of hydrogen-bond donors (Lipinski definition) is 0. The van der Waals surface area contributed by atoms with Crippen molar-refractivity contribution in [2.45, 2.75) is 0 Å². The third-order valence-corrected chi connectivity index (χ3v) is 11.3. The van der Waals surface area contributed by atoms with Crippen LogP contribution in [0.4, 0.5) is 0 Å². The lowest BCUT2D eigenvalue weighted by Crippen LogP contribution is -2.00. The van der Waals surface area contributed by atoms with E-state index in [0.29, 0.717) is 17.5 Å². The van der Waals surface area contributed by atoms with Crippen molar-refractivity contribution in [2.75, 3.05) is 0 Å². The quantitative estimate of drug-likeness (QED) is 0.160. The molecular formula is C55H35N3. The van der Waals surface area contributed by atoms with Crippen LogP contribution in [0, 0.1) is 0 Å². The summed E-state index contributed by atoms with van der Waals surface area (Å²) in [4.78, 5) is 15.7. The molecule has 0 radical (unpaired) electrons. The van der Waals surface area contributed by atoms with E-state index in [2.05, 4.69) is 212 Å². The average Bonchev–Trinajstić information content (AvgIpc) is 3.31.